The normalized spacial score (nSPS) is 9.73. The highest BCUT2D eigenvalue weighted by Gasteiger charge is 2.01. The molecule has 0 saturated carbocycles. The van der Waals surface area contributed by atoms with E-state index in [1.54, 1.807) is 14.2 Å². The molecule has 0 saturated heterocycles. The second kappa shape index (κ2) is 6.03. The van der Waals surface area contributed by atoms with Crippen molar-refractivity contribution in [1.29, 1.82) is 0 Å². The number of rotatable bonds is 5. The van der Waals surface area contributed by atoms with E-state index in [4.69, 9.17) is 4.74 Å². The Morgan fingerprint density at radius 2 is 2.13 bits per heavy atom. The van der Waals surface area contributed by atoms with E-state index in [0.29, 0.717) is 13.1 Å². The summed E-state index contributed by atoms with van der Waals surface area (Å²) in [6, 6.07) is 7.73. The van der Waals surface area contributed by atoms with Gasteiger partial charge in [-0.05, 0) is 6.07 Å². The molecule has 2 N–H and O–H groups in total. The number of nitrogens with one attached hydrogen (secondary N) is 2. The fraction of sp³-hybridized carbons (Fsp3) is 0.364. The van der Waals surface area contributed by atoms with Gasteiger partial charge >= 0.3 is 0 Å². The van der Waals surface area contributed by atoms with E-state index < -0.39 is 0 Å². The highest BCUT2D eigenvalue weighted by Crippen LogP contribution is 2.16. The predicted molar refractivity (Wildman–Crippen MR) is 58.8 cm³/mol. The van der Waals surface area contributed by atoms with E-state index in [9.17, 15) is 4.79 Å². The third kappa shape index (κ3) is 3.59. The van der Waals surface area contributed by atoms with Gasteiger partial charge in [-0.25, -0.2) is 0 Å². The van der Waals surface area contributed by atoms with Crippen LogP contribution in [0.4, 0.5) is 0 Å². The summed E-state index contributed by atoms with van der Waals surface area (Å²) in [4.78, 5) is 11.0. The minimum Gasteiger partial charge on any atom is -0.496 e. The topological polar surface area (TPSA) is 50.4 Å². The Labute approximate surface area is 89.6 Å². The molecule has 0 spiro atoms. The maximum absolute atomic E-state index is 11.0. The van der Waals surface area contributed by atoms with Gasteiger partial charge in [0.1, 0.15) is 5.75 Å². The molecule has 0 aliphatic rings. The fourth-order valence-electron chi connectivity index (χ4n) is 1.25. The molecule has 0 aliphatic heterocycles. The van der Waals surface area contributed by atoms with Crippen molar-refractivity contribution in [2.24, 2.45) is 0 Å². The Morgan fingerprint density at radius 1 is 1.40 bits per heavy atom. The molecule has 0 heterocycles. The molecule has 0 bridgehead atoms. The Bertz CT molecular complexity index is 326. The van der Waals surface area contributed by atoms with Crippen molar-refractivity contribution in [3.05, 3.63) is 29.8 Å². The Morgan fingerprint density at radius 3 is 2.80 bits per heavy atom. The lowest BCUT2D eigenvalue weighted by molar-refractivity contribution is -0.119. The second-order valence-corrected chi connectivity index (χ2v) is 3.09. The highest BCUT2D eigenvalue weighted by molar-refractivity contribution is 5.77. The van der Waals surface area contributed by atoms with E-state index in [1.165, 1.54) is 0 Å². The quantitative estimate of drug-likeness (QED) is 0.742. The first kappa shape index (κ1) is 11.5. The van der Waals surface area contributed by atoms with Gasteiger partial charge < -0.3 is 15.4 Å². The van der Waals surface area contributed by atoms with Gasteiger partial charge in [0.25, 0.3) is 0 Å². The minimum absolute atomic E-state index is 0.0232. The van der Waals surface area contributed by atoms with Crippen LogP contribution in [0, 0.1) is 0 Å². The summed E-state index contributed by atoms with van der Waals surface area (Å²) in [6.45, 7) is 0.936. The number of carbonyl (C=O) groups excluding carboxylic acids is 1. The number of hydrogen-bond donors (Lipinski definition) is 2. The number of para-hydroxylation sites is 1. The lowest BCUT2D eigenvalue weighted by Gasteiger charge is -2.08. The lowest BCUT2D eigenvalue weighted by Crippen LogP contribution is -2.31. The SMILES string of the molecule is CNC(=O)CNCc1ccccc1OC. The van der Waals surface area contributed by atoms with Crippen LogP contribution in [0.1, 0.15) is 5.56 Å². The van der Waals surface area contributed by atoms with Gasteiger partial charge in [-0.3, -0.25) is 4.79 Å². The highest BCUT2D eigenvalue weighted by atomic mass is 16.5. The van der Waals surface area contributed by atoms with E-state index in [-0.39, 0.29) is 5.91 Å². The van der Waals surface area contributed by atoms with Crippen LogP contribution in [-0.4, -0.2) is 26.6 Å². The average molecular weight is 208 g/mol. The maximum Gasteiger partial charge on any atom is 0.233 e. The molecule has 82 valence electrons. The summed E-state index contributed by atoms with van der Waals surface area (Å²) in [5.74, 6) is 0.812. The summed E-state index contributed by atoms with van der Waals surface area (Å²) in [5, 5.41) is 5.58. The minimum atomic E-state index is -0.0232. The molecule has 0 radical (unpaired) electrons. The summed E-state index contributed by atoms with van der Waals surface area (Å²) in [5.41, 5.74) is 1.05. The molecule has 1 aromatic carbocycles. The largest absolute Gasteiger partial charge is 0.496 e. The van der Waals surface area contributed by atoms with E-state index in [2.05, 4.69) is 10.6 Å². The Balaban J connectivity index is 2.46. The molecule has 0 fully saturated rings. The average Bonchev–Trinajstić information content (AvgIpc) is 2.29. The van der Waals surface area contributed by atoms with Crippen LogP contribution in [-0.2, 0) is 11.3 Å². The zero-order valence-corrected chi connectivity index (χ0v) is 9.04. The summed E-state index contributed by atoms with van der Waals surface area (Å²) in [7, 11) is 3.25. The molecule has 1 rings (SSSR count). The summed E-state index contributed by atoms with van der Waals surface area (Å²) < 4.78 is 5.19. The number of methoxy groups -OCH3 is 1. The molecular weight excluding hydrogens is 192 g/mol. The molecule has 0 unspecified atom stereocenters. The molecule has 0 aromatic heterocycles. The van der Waals surface area contributed by atoms with Crippen molar-refractivity contribution in [2.75, 3.05) is 20.7 Å². The van der Waals surface area contributed by atoms with Crippen molar-refractivity contribution < 1.29 is 9.53 Å². The molecule has 0 aliphatic carbocycles. The van der Waals surface area contributed by atoms with E-state index in [0.717, 1.165) is 11.3 Å². The third-order valence-electron chi connectivity index (χ3n) is 2.07. The summed E-state index contributed by atoms with van der Waals surface area (Å²) >= 11 is 0. The molecule has 4 nitrogen and oxygen atoms in total. The zero-order chi connectivity index (χ0) is 11.1. The van der Waals surface area contributed by atoms with Crippen LogP contribution >= 0.6 is 0 Å². The molecule has 15 heavy (non-hydrogen) atoms. The molecule has 1 amide bonds. The molecule has 0 atom stereocenters. The second-order valence-electron chi connectivity index (χ2n) is 3.09. The Hall–Kier alpha value is -1.55. The van der Waals surface area contributed by atoms with Gasteiger partial charge in [-0.1, -0.05) is 18.2 Å². The first-order chi connectivity index (χ1) is 7.27. The first-order valence-electron chi connectivity index (χ1n) is 4.81. The fourth-order valence-corrected chi connectivity index (χ4v) is 1.25. The smallest absolute Gasteiger partial charge is 0.233 e. The van der Waals surface area contributed by atoms with Crippen molar-refractivity contribution in [3.8, 4) is 5.75 Å². The van der Waals surface area contributed by atoms with Gasteiger partial charge in [-0.2, -0.15) is 0 Å². The van der Waals surface area contributed by atoms with Crippen LogP contribution in [0.5, 0.6) is 5.75 Å². The standard InChI is InChI=1S/C11H16N2O2/c1-12-11(14)8-13-7-9-5-3-4-6-10(9)15-2/h3-6,13H,7-8H2,1-2H3,(H,12,14). The maximum atomic E-state index is 11.0. The molecule has 4 heteroatoms. The van der Waals surface area contributed by atoms with Crippen molar-refractivity contribution >= 4 is 5.91 Å². The van der Waals surface area contributed by atoms with Crippen LogP contribution in [0.2, 0.25) is 0 Å². The van der Waals surface area contributed by atoms with Gasteiger partial charge in [0, 0.05) is 19.2 Å². The van der Waals surface area contributed by atoms with Crippen LogP contribution in [0.15, 0.2) is 24.3 Å². The van der Waals surface area contributed by atoms with Gasteiger partial charge in [0.15, 0.2) is 0 Å². The lowest BCUT2D eigenvalue weighted by atomic mass is 10.2. The van der Waals surface area contributed by atoms with Crippen LogP contribution < -0.4 is 15.4 Å². The molecule has 1 aromatic rings. The first-order valence-corrected chi connectivity index (χ1v) is 4.81. The number of likely N-dealkylation sites (N-methyl/N-ethyl adjacent to an activating group) is 1. The monoisotopic (exact) mass is 208 g/mol. The number of ether oxygens (including phenoxy) is 1. The molecular formula is C11H16N2O2. The van der Waals surface area contributed by atoms with Gasteiger partial charge in [0.2, 0.25) is 5.91 Å². The number of hydrogen-bond acceptors (Lipinski definition) is 3. The van der Waals surface area contributed by atoms with Crippen molar-refractivity contribution in [1.82, 2.24) is 10.6 Å². The number of amides is 1. The predicted octanol–water partition coefficient (Wildman–Crippen LogP) is 0.531. The third-order valence-corrected chi connectivity index (χ3v) is 2.07. The van der Waals surface area contributed by atoms with E-state index in [1.807, 2.05) is 24.3 Å². The zero-order valence-electron chi connectivity index (χ0n) is 9.04. The Kier molecular flexibility index (Phi) is 4.63. The number of benzene rings is 1. The van der Waals surface area contributed by atoms with Crippen LogP contribution in [0.3, 0.4) is 0 Å². The van der Waals surface area contributed by atoms with Gasteiger partial charge in [0.05, 0.1) is 13.7 Å². The van der Waals surface area contributed by atoms with Crippen molar-refractivity contribution in [3.63, 3.8) is 0 Å². The number of carbonyl (C=O) groups is 1. The van der Waals surface area contributed by atoms with Crippen molar-refractivity contribution in [2.45, 2.75) is 6.54 Å². The van der Waals surface area contributed by atoms with Gasteiger partial charge in [-0.15, -0.1) is 0 Å². The van der Waals surface area contributed by atoms with E-state index >= 15 is 0 Å². The van der Waals surface area contributed by atoms with Crippen LogP contribution in [0.25, 0.3) is 0 Å². The summed E-state index contributed by atoms with van der Waals surface area (Å²) in [6.07, 6.45) is 0.